The number of amides is 1. The zero-order valence-corrected chi connectivity index (χ0v) is 13.9. The van der Waals surface area contributed by atoms with E-state index >= 15 is 0 Å². The highest BCUT2D eigenvalue weighted by atomic mass is 16.5. The lowest BCUT2D eigenvalue weighted by molar-refractivity contribution is -0.136. The normalized spacial score (nSPS) is 20.2. The van der Waals surface area contributed by atoms with Crippen LogP contribution < -0.4 is 10.1 Å². The monoisotopic (exact) mass is 301 g/mol. The van der Waals surface area contributed by atoms with Gasteiger partial charge in [0.15, 0.2) is 5.60 Å². The summed E-state index contributed by atoms with van der Waals surface area (Å²) in [6.45, 7) is 8.08. The number of nitrogens with one attached hydrogen (secondary N) is 1. The van der Waals surface area contributed by atoms with E-state index in [9.17, 15) is 9.90 Å². The Morgan fingerprint density at radius 1 is 1.32 bits per heavy atom. The largest absolute Gasteiger partial charge is 0.507 e. The fraction of sp³-hybridized carbons (Fsp3) is 0.588. The first kappa shape index (κ1) is 16.7. The summed E-state index contributed by atoms with van der Waals surface area (Å²) < 4.78 is 6.10. The third-order valence-corrected chi connectivity index (χ3v) is 4.67. The second-order valence-corrected chi connectivity index (χ2v) is 6.26. The second-order valence-electron chi connectivity index (χ2n) is 6.26. The van der Waals surface area contributed by atoms with Gasteiger partial charge in [-0.05, 0) is 57.2 Å². The number of aromatic hydroxyl groups is 1. The van der Waals surface area contributed by atoms with Crippen LogP contribution in [0.1, 0.15) is 42.0 Å². The minimum Gasteiger partial charge on any atom is -0.507 e. The van der Waals surface area contributed by atoms with Crippen molar-refractivity contribution in [1.29, 1.82) is 0 Å². The highest BCUT2D eigenvalue weighted by Gasteiger charge is 2.40. The maximum Gasteiger partial charge on any atom is 0.263 e. The molecule has 1 heterocycles. The smallest absolute Gasteiger partial charge is 0.263 e. The zero-order valence-electron chi connectivity index (χ0n) is 13.9. The molecule has 1 amide bonds. The summed E-state index contributed by atoms with van der Waals surface area (Å²) in [5, 5.41) is 13.1. The van der Waals surface area contributed by atoms with Crippen molar-refractivity contribution in [3.05, 3.63) is 22.3 Å². The molecule has 1 aromatic carbocycles. The van der Waals surface area contributed by atoms with Gasteiger partial charge in [-0.15, -0.1) is 0 Å². The van der Waals surface area contributed by atoms with Gasteiger partial charge in [0.25, 0.3) is 5.91 Å². The Kier molecular flexibility index (Phi) is 4.73. The Balaban J connectivity index is 2.29. The fourth-order valence-corrected chi connectivity index (χ4v) is 2.90. The molecule has 0 aliphatic carbocycles. The summed E-state index contributed by atoms with van der Waals surface area (Å²) in [7, 11) is 5.45. The molecule has 2 radical (unpaired) electrons. The SMILES string of the molecule is [B]CCCNC(=O)C1(C)CCc2c(C)c(O)c(C)c(C)c2O1. The number of hydrogen-bond acceptors (Lipinski definition) is 3. The van der Waals surface area contributed by atoms with E-state index in [2.05, 4.69) is 5.32 Å². The molecule has 22 heavy (non-hydrogen) atoms. The Hall–Kier alpha value is -1.65. The van der Waals surface area contributed by atoms with Crippen molar-refractivity contribution in [2.75, 3.05) is 6.54 Å². The van der Waals surface area contributed by atoms with E-state index < -0.39 is 5.60 Å². The Morgan fingerprint density at radius 3 is 2.64 bits per heavy atom. The van der Waals surface area contributed by atoms with E-state index in [1.165, 1.54) is 0 Å². The third-order valence-electron chi connectivity index (χ3n) is 4.67. The van der Waals surface area contributed by atoms with Crippen LogP contribution in [0, 0.1) is 20.8 Å². The minimum atomic E-state index is -0.873. The topological polar surface area (TPSA) is 58.6 Å². The molecule has 0 spiro atoms. The summed E-state index contributed by atoms with van der Waals surface area (Å²) in [6.07, 6.45) is 2.62. The lowest BCUT2D eigenvalue weighted by Gasteiger charge is -2.36. The highest BCUT2D eigenvalue weighted by molar-refractivity contribution is 6.08. The molecule has 1 aliphatic heterocycles. The van der Waals surface area contributed by atoms with Gasteiger partial charge < -0.3 is 15.2 Å². The molecule has 0 saturated heterocycles. The van der Waals surface area contributed by atoms with Gasteiger partial charge in [-0.25, -0.2) is 0 Å². The van der Waals surface area contributed by atoms with Gasteiger partial charge in [-0.2, -0.15) is 0 Å². The number of phenols is 1. The number of fused-ring (bicyclic) bond motifs is 1. The summed E-state index contributed by atoms with van der Waals surface area (Å²) in [5.74, 6) is 0.973. The maximum absolute atomic E-state index is 12.4. The van der Waals surface area contributed by atoms with Gasteiger partial charge >= 0.3 is 0 Å². The first-order valence-corrected chi connectivity index (χ1v) is 7.80. The Bertz CT molecular complexity index is 600. The number of benzene rings is 1. The summed E-state index contributed by atoms with van der Waals surface area (Å²) in [5.41, 5.74) is 2.70. The van der Waals surface area contributed by atoms with Crippen LogP contribution in [0.2, 0.25) is 6.32 Å². The first-order chi connectivity index (χ1) is 10.3. The molecule has 1 aliphatic rings. The lowest BCUT2D eigenvalue weighted by atomic mass is 9.86. The van der Waals surface area contributed by atoms with Gasteiger partial charge in [-0.3, -0.25) is 4.79 Å². The molecule has 118 valence electrons. The second kappa shape index (κ2) is 6.23. The number of carbonyl (C=O) groups is 1. The van der Waals surface area contributed by atoms with Crippen LogP contribution in [0.3, 0.4) is 0 Å². The molecule has 0 saturated carbocycles. The summed E-state index contributed by atoms with van der Waals surface area (Å²) in [4.78, 5) is 12.4. The minimum absolute atomic E-state index is 0.102. The van der Waals surface area contributed by atoms with Gasteiger partial charge in [0, 0.05) is 18.5 Å². The molecule has 0 bridgehead atoms. The van der Waals surface area contributed by atoms with Gasteiger partial charge in [0.1, 0.15) is 11.5 Å². The van der Waals surface area contributed by atoms with Crippen LogP contribution in [0.25, 0.3) is 0 Å². The highest BCUT2D eigenvalue weighted by Crippen LogP contribution is 2.43. The van der Waals surface area contributed by atoms with Gasteiger partial charge in [0.2, 0.25) is 0 Å². The fourth-order valence-electron chi connectivity index (χ4n) is 2.90. The van der Waals surface area contributed by atoms with Crippen LogP contribution in [0.5, 0.6) is 11.5 Å². The van der Waals surface area contributed by atoms with Crippen LogP contribution >= 0.6 is 0 Å². The number of phenolic OH excluding ortho intramolecular Hbond substituents is 1. The van der Waals surface area contributed by atoms with E-state index in [4.69, 9.17) is 12.6 Å². The number of ether oxygens (including phenoxy) is 1. The molecule has 1 unspecified atom stereocenters. The maximum atomic E-state index is 12.4. The molecule has 5 heteroatoms. The van der Waals surface area contributed by atoms with E-state index in [0.717, 1.165) is 40.8 Å². The van der Waals surface area contributed by atoms with E-state index in [0.29, 0.717) is 25.0 Å². The summed E-state index contributed by atoms with van der Waals surface area (Å²) >= 11 is 0. The van der Waals surface area contributed by atoms with Crippen molar-refractivity contribution in [1.82, 2.24) is 5.32 Å². The molecular formula is C17H24BNO3. The Morgan fingerprint density at radius 2 is 2.00 bits per heavy atom. The molecule has 4 nitrogen and oxygen atoms in total. The number of carbonyl (C=O) groups excluding carboxylic acids is 1. The molecular weight excluding hydrogens is 277 g/mol. The van der Waals surface area contributed by atoms with E-state index in [1.807, 2.05) is 27.7 Å². The molecule has 0 aromatic heterocycles. The third kappa shape index (κ3) is 2.81. The van der Waals surface area contributed by atoms with Crippen molar-refractivity contribution in [3.8, 4) is 11.5 Å². The van der Waals surface area contributed by atoms with Crippen LogP contribution in [0.4, 0.5) is 0 Å². The zero-order chi connectivity index (χ0) is 16.5. The standard InChI is InChI=1S/C17H24BNO3/c1-10-11(2)15-13(12(3)14(10)20)6-7-17(4,22-15)16(21)19-9-5-8-18/h20H,5-9H2,1-4H3,(H,19,21). The van der Waals surface area contributed by atoms with Crippen LogP contribution in [-0.2, 0) is 11.2 Å². The van der Waals surface area contributed by atoms with Crippen molar-refractivity contribution < 1.29 is 14.6 Å². The first-order valence-electron chi connectivity index (χ1n) is 7.80. The van der Waals surface area contributed by atoms with E-state index in [-0.39, 0.29) is 5.91 Å². The molecule has 2 N–H and O–H groups in total. The average molecular weight is 301 g/mol. The van der Waals surface area contributed by atoms with Crippen LogP contribution in [0.15, 0.2) is 0 Å². The molecule has 2 rings (SSSR count). The average Bonchev–Trinajstić information content (AvgIpc) is 2.51. The quantitative estimate of drug-likeness (QED) is 0.663. The van der Waals surface area contributed by atoms with Gasteiger partial charge in [-0.1, -0.05) is 6.32 Å². The number of hydrogen-bond donors (Lipinski definition) is 2. The predicted molar refractivity (Wildman–Crippen MR) is 87.9 cm³/mol. The van der Waals surface area contributed by atoms with Crippen LogP contribution in [-0.4, -0.2) is 31.0 Å². The van der Waals surface area contributed by atoms with Crippen molar-refractivity contribution in [3.63, 3.8) is 0 Å². The van der Waals surface area contributed by atoms with Crippen molar-refractivity contribution in [2.45, 2.75) is 58.9 Å². The molecule has 0 fully saturated rings. The van der Waals surface area contributed by atoms with Crippen molar-refractivity contribution >= 4 is 13.8 Å². The van der Waals surface area contributed by atoms with Crippen molar-refractivity contribution in [2.24, 2.45) is 0 Å². The van der Waals surface area contributed by atoms with E-state index in [1.54, 1.807) is 0 Å². The summed E-state index contributed by atoms with van der Waals surface area (Å²) in [6, 6.07) is 0. The Labute approximate surface area is 133 Å². The lowest BCUT2D eigenvalue weighted by Crippen LogP contribution is -2.51. The predicted octanol–water partition coefficient (Wildman–Crippen LogP) is 2.49. The molecule has 1 aromatic rings. The molecule has 1 atom stereocenters. The van der Waals surface area contributed by atoms with Gasteiger partial charge in [0.05, 0.1) is 7.85 Å². The number of rotatable bonds is 4.